The number of benzene rings is 1. The van der Waals surface area contributed by atoms with Gasteiger partial charge in [-0.25, -0.2) is 9.37 Å². The van der Waals surface area contributed by atoms with E-state index >= 15 is 0 Å². The lowest BCUT2D eigenvalue weighted by atomic mass is 10.1. The summed E-state index contributed by atoms with van der Waals surface area (Å²) in [5.74, 6) is 0.463. The molecule has 2 aromatic rings. The third-order valence-electron chi connectivity index (χ3n) is 2.46. The van der Waals surface area contributed by atoms with Crippen LogP contribution in [0.15, 0.2) is 30.6 Å². The van der Waals surface area contributed by atoms with E-state index in [4.69, 9.17) is 16.9 Å². The molecule has 1 aromatic heterocycles. The molecule has 0 saturated carbocycles. The van der Waals surface area contributed by atoms with Gasteiger partial charge in [-0.3, -0.25) is 0 Å². The number of alkyl halides is 1. The first-order valence-electron chi connectivity index (χ1n) is 4.99. The highest BCUT2D eigenvalue weighted by molar-refractivity contribution is 6.16. The molecule has 17 heavy (non-hydrogen) atoms. The zero-order chi connectivity index (χ0) is 12.3. The van der Waals surface area contributed by atoms with Crippen LogP contribution in [0.3, 0.4) is 0 Å². The van der Waals surface area contributed by atoms with Gasteiger partial charge in [-0.1, -0.05) is 12.1 Å². The van der Waals surface area contributed by atoms with Crippen LogP contribution in [0.2, 0.25) is 0 Å². The molecule has 0 radical (unpaired) electrons. The SMILES string of the molecule is N#Cc1cccc(Cn2ccnc2CCl)c1F. The van der Waals surface area contributed by atoms with Crippen molar-refractivity contribution in [3.05, 3.63) is 53.4 Å². The molecule has 1 aromatic carbocycles. The summed E-state index contributed by atoms with van der Waals surface area (Å²) < 4.78 is 15.6. The fourth-order valence-corrected chi connectivity index (χ4v) is 1.81. The van der Waals surface area contributed by atoms with Crippen LogP contribution in [0.1, 0.15) is 17.0 Å². The van der Waals surface area contributed by atoms with Crippen molar-refractivity contribution in [1.29, 1.82) is 5.26 Å². The normalized spacial score (nSPS) is 10.2. The predicted octanol–water partition coefficient (Wildman–Crippen LogP) is 2.68. The second-order valence-corrected chi connectivity index (χ2v) is 3.76. The standard InChI is InChI=1S/C12H9ClFN3/c13-6-11-16-4-5-17(11)8-10-3-1-2-9(7-15)12(10)14/h1-5H,6,8H2. The topological polar surface area (TPSA) is 41.6 Å². The van der Waals surface area contributed by atoms with Crippen molar-refractivity contribution in [2.45, 2.75) is 12.4 Å². The van der Waals surface area contributed by atoms with Crippen molar-refractivity contribution in [3.63, 3.8) is 0 Å². The van der Waals surface area contributed by atoms with Gasteiger partial charge in [0, 0.05) is 18.0 Å². The second kappa shape index (κ2) is 4.98. The van der Waals surface area contributed by atoms with Crippen molar-refractivity contribution in [1.82, 2.24) is 9.55 Å². The molecule has 0 atom stereocenters. The number of imidazole rings is 1. The van der Waals surface area contributed by atoms with E-state index in [1.54, 1.807) is 29.1 Å². The number of halogens is 2. The number of aromatic nitrogens is 2. The molecule has 0 saturated heterocycles. The van der Waals surface area contributed by atoms with E-state index in [1.165, 1.54) is 6.07 Å². The summed E-state index contributed by atoms with van der Waals surface area (Å²) in [6.07, 6.45) is 3.35. The Balaban J connectivity index is 2.34. The number of rotatable bonds is 3. The Morgan fingerprint density at radius 2 is 2.29 bits per heavy atom. The number of nitrogens with zero attached hydrogens (tertiary/aromatic N) is 3. The van der Waals surface area contributed by atoms with Gasteiger partial charge < -0.3 is 4.57 Å². The molecular weight excluding hydrogens is 241 g/mol. The van der Waals surface area contributed by atoms with Crippen LogP contribution in [-0.2, 0) is 12.4 Å². The summed E-state index contributed by atoms with van der Waals surface area (Å²) in [7, 11) is 0. The molecule has 0 N–H and O–H groups in total. The van der Waals surface area contributed by atoms with E-state index in [-0.39, 0.29) is 11.4 Å². The summed E-state index contributed by atoms with van der Waals surface area (Å²) in [6, 6.07) is 6.58. The summed E-state index contributed by atoms with van der Waals surface area (Å²) in [6.45, 7) is 0.323. The molecular formula is C12H9ClFN3. The summed E-state index contributed by atoms with van der Waals surface area (Å²) in [5, 5.41) is 8.74. The number of nitriles is 1. The predicted molar refractivity (Wildman–Crippen MR) is 62.0 cm³/mol. The van der Waals surface area contributed by atoms with Gasteiger partial charge in [0.2, 0.25) is 0 Å². The summed E-state index contributed by atoms with van der Waals surface area (Å²) >= 11 is 5.71. The van der Waals surface area contributed by atoms with E-state index in [2.05, 4.69) is 4.98 Å². The molecule has 86 valence electrons. The zero-order valence-corrected chi connectivity index (χ0v) is 9.65. The fraction of sp³-hybridized carbons (Fsp3) is 0.167. The van der Waals surface area contributed by atoms with E-state index < -0.39 is 5.82 Å². The van der Waals surface area contributed by atoms with Gasteiger partial charge in [0.25, 0.3) is 0 Å². The summed E-state index contributed by atoms with van der Waals surface area (Å²) in [4.78, 5) is 4.05. The molecule has 2 rings (SSSR count). The molecule has 0 amide bonds. The highest BCUT2D eigenvalue weighted by Gasteiger charge is 2.09. The van der Waals surface area contributed by atoms with Crippen molar-refractivity contribution in [3.8, 4) is 6.07 Å². The third kappa shape index (κ3) is 2.29. The Kier molecular flexibility index (Phi) is 3.40. The van der Waals surface area contributed by atoms with Crippen molar-refractivity contribution < 1.29 is 4.39 Å². The maximum Gasteiger partial charge on any atom is 0.145 e. The number of hydrogen-bond acceptors (Lipinski definition) is 2. The molecule has 5 heteroatoms. The van der Waals surface area contributed by atoms with Crippen molar-refractivity contribution in [2.75, 3.05) is 0 Å². The summed E-state index contributed by atoms with van der Waals surface area (Å²) in [5.41, 5.74) is 0.503. The molecule has 0 aliphatic heterocycles. The van der Waals surface area contributed by atoms with Gasteiger partial charge in [-0.2, -0.15) is 5.26 Å². The third-order valence-corrected chi connectivity index (χ3v) is 2.70. The van der Waals surface area contributed by atoms with E-state index in [0.29, 0.717) is 17.9 Å². The van der Waals surface area contributed by atoms with E-state index in [1.807, 2.05) is 6.07 Å². The molecule has 0 bridgehead atoms. The second-order valence-electron chi connectivity index (χ2n) is 3.50. The Morgan fingerprint density at radius 1 is 1.47 bits per heavy atom. The van der Waals surface area contributed by atoms with Gasteiger partial charge in [0.05, 0.1) is 18.0 Å². The van der Waals surface area contributed by atoms with Gasteiger partial charge >= 0.3 is 0 Å². The quantitative estimate of drug-likeness (QED) is 0.785. The minimum Gasteiger partial charge on any atom is -0.329 e. The molecule has 0 unspecified atom stereocenters. The van der Waals surface area contributed by atoms with E-state index in [9.17, 15) is 4.39 Å². The monoisotopic (exact) mass is 249 g/mol. The van der Waals surface area contributed by atoms with Gasteiger partial charge in [-0.15, -0.1) is 11.6 Å². The Labute approximate surface area is 103 Å². The molecule has 0 aliphatic carbocycles. The minimum atomic E-state index is -0.482. The fourth-order valence-electron chi connectivity index (χ4n) is 1.59. The maximum atomic E-state index is 13.8. The first kappa shape index (κ1) is 11.6. The Hall–Kier alpha value is -1.86. The van der Waals surface area contributed by atoms with Crippen molar-refractivity contribution in [2.24, 2.45) is 0 Å². The largest absolute Gasteiger partial charge is 0.329 e. The zero-order valence-electron chi connectivity index (χ0n) is 8.90. The maximum absolute atomic E-state index is 13.8. The van der Waals surface area contributed by atoms with Crippen LogP contribution >= 0.6 is 11.6 Å². The highest BCUT2D eigenvalue weighted by Crippen LogP contribution is 2.14. The van der Waals surface area contributed by atoms with Crippen LogP contribution in [0, 0.1) is 17.1 Å². The lowest BCUT2D eigenvalue weighted by Crippen LogP contribution is -2.05. The smallest absolute Gasteiger partial charge is 0.145 e. The molecule has 1 heterocycles. The first-order chi connectivity index (χ1) is 8.26. The Bertz CT molecular complexity index is 571. The van der Waals surface area contributed by atoms with Crippen LogP contribution in [-0.4, -0.2) is 9.55 Å². The van der Waals surface area contributed by atoms with Crippen molar-refractivity contribution >= 4 is 11.6 Å². The lowest BCUT2D eigenvalue weighted by molar-refractivity contribution is 0.593. The van der Waals surface area contributed by atoms with Crippen LogP contribution < -0.4 is 0 Å². The van der Waals surface area contributed by atoms with Crippen LogP contribution in [0.25, 0.3) is 0 Å². The number of hydrogen-bond donors (Lipinski definition) is 0. The van der Waals surface area contributed by atoms with Gasteiger partial charge in [-0.05, 0) is 6.07 Å². The lowest BCUT2D eigenvalue weighted by Gasteiger charge is -2.07. The van der Waals surface area contributed by atoms with E-state index in [0.717, 1.165) is 0 Å². The molecule has 0 aliphatic rings. The average Bonchev–Trinajstić information content (AvgIpc) is 2.79. The van der Waals surface area contributed by atoms with Gasteiger partial charge in [0.1, 0.15) is 17.7 Å². The average molecular weight is 250 g/mol. The highest BCUT2D eigenvalue weighted by atomic mass is 35.5. The van der Waals surface area contributed by atoms with Gasteiger partial charge in [0.15, 0.2) is 0 Å². The first-order valence-corrected chi connectivity index (χ1v) is 5.53. The Morgan fingerprint density at radius 3 is 3.00 bits per heavy atom. The molecule has 3 nitrogen and oxygen atoms in total. The molecule has 0 fully saturated rings. The molecule has 0 spiro atoms. The minimum absolute atomic E-state index is 0.0510. The van der Waals surface area contributed by atoms with Crippen LogP contribution in [0.5, 0.6) is 0 Å². The van der Waals surface area contributed by atoms with Crippen LogP contribution in [0.4, 0.5) is 4.39 Å².